The van der Waals surface area contributed by atoms with Gasteiger partial charge in [0.15, 0.2) is 0 Å². The van der Waals surface area contributed by atoms with E-state index in [4.69, 9.17) is 4.74 Å². The highest BCUT2D eigenvalue weighted by molar-refractivity contribution is 4.78. The van der Waals surface area contributed by atoms with Gasteiger partial charge in [0.1, 0.15) is 0 Å². The van der Waals surface area contributed by atoms with Crippen molar-refractivity contribution in [1.29, 1.82) is 0 Å². The van der Waals surface area contributed by atoms with Crippen molar-refractivity contribution in [3.8, 4) is 0 Å². The number of likely N-dealkylation sites (tertiary alicyclic amines) is 1. The topological polar surface area (TPSA) is 24.5 Å². The molecule has 2 fully saturated rings. The summed E-state index contributed by atoms with van der Waals surface area (Å²) in [5, 5.41) is 3.28. The highest BCUT2D eigenvalue weighted by Crippen LogP contribution is 2.32. The van der Waals surface area contributed by atoms with Gasteiger partial charge in [0.05, 0.1) is 12.0 Å². The van der Waals surface area contributed by atoms with Gasteiger partial charge >= 0.3 is 6.18 Å². The molecule has 0 radical (unpaired) electrons. The summed E-state index contributed by atoms with van der Waals surface area (Å²) in [6.45, 7) is 4.03. The maximum atomic E-state index is 12.6. The zero-order valence-corrected chi connectivity index (χ0v) is 11.2. The summed E-state index contributed by atoms with van der Waals surface area (Å²) in [5.74, 6) is -1.14. The molecular weight excluding hydrogens is 257 g/mol. The first kappa shape index (κ1) is 15.1. The zero-order chi connectivity index (χ0) is 13.7. The number of rotatable bonds is 5. The molecule has 2 aliphatic rings. The fourth-order valence-corrected chi connectivity index (χ4v) is 2.83. The first-order valence-corrected chi connectivity index (χ1v) is 7.17. The molecule has 0 spiro atoms. The molecule has 2 heterocycles. The van der Waals surface area contributed by atoms with Gasteiger partial charge in [-0.1, -0.05) is 0 Å². The second-order valence-electron chi connectivity index (χ2n) is 5.52. The molecule has 0 bridgehead atoms. The van der Waals surface area contributed by atoms with Gasteiger partial charge in [0.25, 0.3) is 0 Å². The summed E-state index contributed by atoms with van der Waals surface area (Å²) < 4.78 is 43.4. The molecule has 2 aliphatic heterocycles. The van der Waals surface area contributed by atoms with Gasteiger partial charge < -0.3 is 15.0 Å². The molecule has 3 nitrogen and oxygen atoms in total. The van der Waals surface area contributed by atoms with Crippen molar-refractivity contribution in [2.75, 3.05) is 39.3 Å². The lowest BCUT2D eigenvalue weighted by atomic mass is 9.97. The van der Waals surface area contributed by atoms with Crippen LogP contribution in [0.1, 0.15) is 25.7 Å². The Kier molecular flexibility index (Phi) is 5.47. The van der Waals surface area contributed by atoms with Gasteiger partial charge in [-0.25, -0.2) is 0 Å². The molecule has 0 amide bonds. The monoisotopic (exact) mass is 280 g/mol. The second kappa shape index (κ2) is 6.90. The van der Waals surface area contributed by atoms with Crippen LogP contribution in [0.25, 0.3) is 0 Å². The van der Waals surface area contributed by atoms with E-state index in [0.717, 1.165) is 39.1 Å². The minimum absolute atomic E-state index is 0.158. The number of piperidine rings is 1. The summed E-state index contributed by atoms with van der Waals surface area (Å²) in [6, 6.07) is 0. The molecule has 2 saturated heterocycles. The van der Waals surface area contributed by atoms with Crippen LogP contribution in [0.2, 0.25) is 0 Å². The minimum Gasteiger partial charge on any atom is -0.377 e. The Balaban J connectivity index is 1.60. The summed E-state index contributed by atoms with van der Waals surface area (Å²) in [7, 11) is 0. The third kappa shape index (κ3) is 4.93. The maximum Gasteiger partial charge on any atom is 0.393 e. The molecule has 112 valence electrons. The van der Waals surface area contributed by atoms with Crippen LogP contribution in [0.5, 0.6) is 0 Å². The smallest absolute Gasteiger partial charge is 0.377 e. The molecule has 6 heteroatoms. The highest BCUT2D eigenvalue weighted by Gasteiger charge is 2.41. The number of halogens is 3. The van der Waals surface area contributed by atoms with Crippen LogP contribution >= 0.6 is 0 Å². The highest BCUT2D eigenvalue weighted by atomic mass is 19.4. The molecule has 0 aromatic rings. The van der Waals surface area contributed by atoms with Crippen LogP contribution < -0.4 is 5.32 Å². The lowest BCUT2D eigenvalue weighted by molar-refractivity contribution is -0.186. The Morgan fingerprint density at radius 1 is 1.21 bits per heavy atom. The number of hydrogen-bond acceptors (Lipinski definition) is 3. The van der Waals surface area contributed by atoms with Gasteiger partial charge in [-0.05, 0) is 32.2 Å². The van der Waals surface area contributed by atoms with E-state index in [1.54, 1.807) is 0 Å². The number of alkyl halides is 3. The predicted molar refractivity (Wildman–Crippen MR) is 67.1 cm³/mol. The van der Waals surface area contributed by atoms with E-state index in [2.05, 4.69) is 5.32 Å². The maximum absolute atomic E-state index is 12.6. The van der Waals surface area contributed by atoms with Gasteiger partial charge in [0.2, 0.25) is 0 Å². The third-order valence-electron chi connectivity index (χ3n) is 3.97. The summed E-state index contributed by atoms with van der Waals surface area (Å²) >= 11 is 0. The lowest BCUT2D eigenvalue weighted by Gasteiger charge is -2.33. The van der Waals surface area contributed by atoms with Crippen LogP contribution in [0.3, 0.4) is 0 Å². The van der Waals surface area contributed by atoms with Gasteiger partial charge in [-0.3, -0.25) is 0 Å². The Morgan fingerprint density at radius 2 is 2.05 bits per heavy atom. The number of hydrogen-bond donors (Lipinski definition) is 1. The van der Waals surface area contributed by atoms with Crippen molar-refractivity contribution >= 4 is 0 Å². The number of ether oxygens (including phenoxy) is 1. The van der Waals surface area contributed by atoms with E-state index in [-0.39, 0.29) is 13.0 Å². The molecule has 19 heavy (non-hydrogen) atoms. The summed E-state index contributed by atoms with van der Waals surface area (Å²) in [4.78, 5) is 1.92. The van der Waals surface area contributed by atoms with Crippen LogP contribution in [0.4, 0.5) is 13.2 Å². The molecule has 0 aromatic heterocycles. The second-order valence-corrected chi connectivity index (χ2v) is 5.52. The van der Waals surface area contributed by atoms with Crippen molar-refractivity contribution in [1.82, 2.24) is 10.2 Å². The first-order valence-electron chi connectivity index (χ1n) is 7.17. The SMILES string of the molecule is FC(F)(F)C1CCCN(CCNCC2CCCO2)C1. The predicted octanol–water partition coefficient (Wildman–Crippen LogP) is 2.03. The molecule has 2 rings (SSSR count). The van der Waals surface area contributed by atoms with Gasteiger partial charge in [0, 0.05) is 32.8 Å². The Bertz CT molecular complexity index is 267. The van der Waals surface area contributed by atoms with E-state index >= 15 is 0 Å². The summed E-state index contributed by atoms with van der Waals surface area (Å²) in [6.07, 6.45) is -0.606. The zero-order valence-electron chi connectivity index (χ0n) is 11.2. The lowest BCUT2D eigenvalue weighted by Crippen LogP contribution is -2.44. The third-order valence-corrected chi connectivity index (χ3v) is 3.97. The van der Waals surface area contributed by atoms with Crippen LogP contribution in [0.15, 0.2) is 0 Å². The van der Waals surface area contributed by atoms with Crippen LogP contribution in [-0.2, 0) is 4.74 Å². The fraction of sp³-hybridized carbons (Fsp3) is 1.00. The van der Waals surface area contributed by atoms with Crippen molar-refractivity contribution in [3.63, 3.8) is 0 Å². The van der Waals surface area contributed by atoms with E-state index < -0.39 is 12.1 Å². The molecular formula is C13H23F3N2O. The Labute approximate surface area is 112 Å². The standard InChI is InChI=1S/C13H23F3N2O/c14-13(15,16)11-3-1-6-18(10-11)7-5-17-9-12-4-2-8-19-12/h11-12,17H,1-10H2. The van der Waals surface area contributed by atoms with Crippen molar-refractivity contribution < 1.29 is 17.9 Å². The van der Waals surface area contributed by atoms with Crippen molar-refractivity contribution in [3.05, 3.63) is 0 Å². The van der Waals surface area contributed by atoms with E-state index in [0.29, 0.717) is 19.1 Å². The Morgan fingerprint density at radius 3 is 2.74 bits per heavy atom. The first-order chi connectivity index (χ1) is 9.05. The van der Waals surface area contributed by atoms with E-state index in [9.17, 15) is 13.2 Å². The normalized spacial score (nSPS) is 29.8. The fourth-order valence-electron chi connectivity index (χ4n) is 2.83. The molecule has 0 saturated carbocycles. The van der Waals surface area contributed by atoms with Crippen LogP contribution in [0, 0.1) is 5.92 Å². The van der Waals surface area contributed by atoms with E-state index in [1.165, 1.54) is 0 Å². The summed E-state index contributed by atoms with van der Waals surface area (Å²) in [5.41, 5.74) is 0. The van der Waals surface area contributed by atoms with Crippen molar-refractivity contribution in [2.24, 2.45) is 5.92 Å². The molecule has 0 aromatic carbocycles. The average molecular weight is 280 g/mol. The van der Waals surface area contributed by atoms with Gasteiger partial charge in [-0.15, -0.1) is 0 Å². The number of nitrogens with one attached hydrogen (secondary N) is 1. The molecule has 0 aliphatic carbocycles. The van der Waals surface area contributed by atoms with Crippen LogP contribution in [-0.4, -0.2) is 56.5 Å². The largest absolute Gasteiger partial charge is 0.393 e. The number of nitrogens with zero attached hydrogens (tertiary/aromatic N) is 1. The molecule has 2 atom stereocenters. The average Bonchev–Trinajstić information content (AvgIpc) is 2.87. The van der Waals surface area contributed by atoms with Crippen molar-refractivity contribution in [2.45, 2.75) is 38.0 Å². The Hall–Kier alpha value is -0.330. The van der Waals surface area contributed by atoms with E-state index in [1.807, 2.05) is 4.90 Å². The quantitative estimate of drug-likeness (QED) is 0.780. The molecule has 2 unspecified atom stereocenters. The minimum atomic E-state index is -4.04. The van der Waals surface area contributed by atoms with Gasteiger partial charge in [-0.2, -0.15) is 13.2 Å². The molecule has 1 N–H and O–H groups in total.